The minimum Gasteiger partial charge on any atom is -0.302 e. The van der Waals surface area contributed by atoms with E-state index in [0.717, 1.165) is 33.3 Å². The van der Waals surface area contributed by atoms with Crippen molar-refractivity contribution in [1.29, 1.82) is 0 Å². The lowest BCUT2D eigenvalue weighted by Crippen LogP contribution is -2.39. The third-order valence-electron chi connectivity index (χ3n) is 5.27. The standard InChI is InChI=1S/C23H21N5OS2/c1-15-12-16(2)27-22(24-15)25-26-23(27)31-14-21(29)28-18-10-6-7-11-20(18)30-13-19(28)17-8-4-3-5-9-17/h3-12,19H,13-14H2,1-2H3/t19-/m0/s1. The summed E-state index contributed by atoms with van der Waals surface area (Å²) in [4.78, 5) is 21.1. The number of carbonyl (C=O) groups is 1. The molecule has 156 valence electrons. The van der Waals surface area contributed by atoms with Gasteiger partial charge in [-0.05, 0) is 37.6 Å². The van der Waals surface area contributed by atoms with Gasteiger partial charge >= 0.3 is 0 Å². The van der Waals surface area contributed by atoms with Gasteiger partial charge in [0.25, 0.3) is 5.78 Å². The summed E-state index contributed by atoms with van der Waals surface area (Å²) in [5.41, 5.74) is 4.02. The zero-order chi connectivity index (χ0) is 21.4. The number of benzene rings is 2. The number of rotatable bonds is 4. The molecule has 8 heteroatoms. The molecule has 0 fully saturated rings. The largest absolute Gasteiger partial charge is 0.302 e. The smallest absolute Gasteiger partial charge is 0.256 e. The molecular weight excluding hydrogens is 426 g/mol. The quantitative estimate of drug-likeness (QED) is 0.422. The van der Waals surface area contributed by atoms with Crippen molar-refractivity contribution in [2.45, 2.75) is 29.9 Å². The fourth-order valence-electron chi connectivity index (χ4n) is 3.91. The second-order valence-electron chi connectivity index (χ2n) is 7.41. The highest BCUT2D eigenvalue weighted by Crippen LogP contribution is 2.43. The number of thioether (sulfide) groups is 2. The van der Waals surface area contributed by atoms with Gasteiger partial charge in [-0.3, -0.25) is 9.20 Å². The average molecular weight is 448 g/mol. The van der Waals surface area contributed by atoms with Crippen LogP contribution in [0.25, 0.3) is 5.78 Å². The summed E-state index contributed by atoms with van der Waals surface area (Å²) in [5.74, 6) is 1.72. The Morgan fingerprint density at radius 3 is 2.71 bits per heavy atom. The Morgan fingerprint density at radius 2 is 1.87 bits per heavy atom. The van der Waals surface area contributed by atoms with Crippen LogP contribution in [0.2, 0.25) is 0 Å². The lowest BCUT2D eigenvalue weighted by atomic mass is 10.1. The van der Waals surface area contributed by atoms with Crippen LogP contribution in [0.1, 0.15) is 23.0 Å². The fraction of sp³-hybridized carbons (Fsp3) is 0.217. The maximum atomic E-state index is 13.5. The number of aryl methyl sites for hydroxylation is 2. The van der Waals surface area contributed by atoms with Crippen LogP contribution in [-0.4, -0.2) is 37.0 Å². The molecule has 1 aliphatic rings. The molecule has 0 saturated carbocycles. The Balaban J connectivity index is 1.45. The van der Waals surface area contributed by atoms with E-state index >= 15 is 0 Å². The maximum Gasteiger partial charge on any atom is 0.256 e. The first kappa shape index (κ1) is 20.1. The lowest BCUT2D eigenvalue weighted by molar-refractivity contribution is -0.116. The summed E-state index contributed by atoms with van der Waals surface area (Å²) < 4.78 is 1.90. The number of anilines is 1. The molecule has 0 saturated heterocycles. The zero-order valence-corrected chi connectivity index (χ0v) is 18.9. The van der Waals surface area contributed by atoms with Gasteiger partial charge < -0.3 is 4.90 Å². The highest BCUT2D eigenvalue weighted by Gasteiger charge is 2.32. The van der Waals surface area contributed by atoms with Gasteiger partial charge in [0, 0.05) is 22.0 Å². The number of aromatic nitrogens is 4. The van der Waals surface area contributed by atoms with Crippen LogP contribution in [0.3, 0.4) is 0 Å². The second-order valence-corrected chi connectivity index (χ2v) is 9.42. The van der Waals surface area contributed by atoms with Gasteiger partial charge in [0.1, 0.15) is 0 Å². The predicted octanol–water partition coefficient (Wildman–Crippen LogP) is 4.71. The minimum absolute atomic E-state index is 0.00426. The summed E-state index contributed by atoms with van der Waals surface area (Å²) in [6.45, 7) is 3.94. The van der Waals surface area contributed by atoms with Crippen LogP contribution in [-0.2, 0) is 4.79 Å². The molecule has 0 aliphatic carbocycles. The van der Waals surface area contributed by atoms with Crippen LogP contribution in [0.4, 0.5) is 5.69 Å². The van der Waals surface area contributed by atoms with E-state index in [4.69, 9.17) is 0 Å². The summed E-state index contributed by atoms with van der Waals surface area (Å²) in [6, 6.07) is 20.4. The van der Waals surface area contributed by atoms with Crippen molar-refractivity contribution in [3.63, 3.8) is 0 Å². The Bertz CT molecular complexity index is 1260. The predicted molar refractivity (Wildman–Crippen MR) is 125 cm³/mol. The molecular formula is C23H21N5OS2. The molecule has 0 radical (unpaired) electrons. The van der Waals surface area contributed by atoms with E-state index < -0.39 is 0 Å². The molecule has 5 rings (SSSR count). The van der Waals surface area contributed by atoms with Crippen molar-refractivity contribution in [2.24, 2.45) is 0 Å². The number of fused-ring (bicyclic) bond motifs is 2. The minimum atomic E-state index is -0.00426. The van der Waals surface area contributed by atoms with Gasteiger partial charge in [-0.2, -0.15) is 0 Å². The Kier molecular flexibility index (Phi) is 5.41. The lowest BCUT2D eigenvalue weighted by Gasteiger charge is -2.37. The molecule has 2 aromatic heterocycles. The van der Waals surface area contributed by atoms with E-state index in [2.05, 4.69) is 33.4 Å². The van der Waals surface area contributed by atoms with Crippen molar-refractivity contribution in [2.75, 3.05) is 16.4 Å². The third kappa shape index (κ3) is 3.81. The number of hydrogen-bond acceptors (Lipinski definition) is 6. The molecule has 3 heterocycles. The monoisotopic (exact) mass is 447 g/mol. The average Bonchev–Trinajstić information content (AvgIpc) is 3.20. The molecule has 2 aromatic carbocycles. The van der Waals surface area contributed by atoms with Crippen molar-refractivity contribution < 1.29 is 4.79 Å². The van der Waals surface area contributed by atoms with E-state index in [9.17, 15) is 4.79 Å². The Morgan fingerprint density at radius 1 is 1.10 bits per heavy atom. The molecule has 1 atom stereocenters. The van der Waals surface area contributed by atoms with Crippen LogP contribution in [0.5, 0.6) is 0 Å². The number of amides is 1. The normalized spacial score (nSPS) is 15.8. The van der Waals surface area contributed by atoms with Gasteiger partial charge in [-0.1, -0.05) is 54.2 Å². The van der Waals surface area contributed by atoms with E-state index in [0.29, 0.717) is 10.9 Å². The summed E-state index contributed by atoms with van der Waals surface area (Å²) in [6.07, 6.45) is 0. The zero-order valence-electron chi connectivity index (χ0n) is 17.2. The molecule has 0 N–H and O–H groups in total. The molecule has 6 nitrogen and oxygen atoms in total. The molecule has 31 heavy (non-hydrogen) atoms. The molecule has 0 bridgehead atoms. The fourth-order valence-corrected chi connectivity index (χ4v) is 5.92. The van der Waals surface area contributed by atoms with Crippen LogP contribution >= 0.6 is 23.5 Å². The topological polar surface area (TPSA) is 63.4 Å². The van der Waals surface area contributed by atoms with E-state index in [1.165, 1.54) is 11.8 Å². The van der Waals surface area contributed by atoms with Gasteiger partial charge in [-0.15, -0.1) is 22.0 Å². The van der Waals surface area contributed by atoms with Gasteiger partial charge in [-0.25, -0.2) is 4.98 Å². The van der Waals surface area contributed by atoms with Gasteiger partial charge in [0.2, 0.25) is 5.91 Å². The molecule has 1 amide bonds. The van der Waals surface area contributed by atoms with Crippen LogP contribution in [0, 0.1) is 13.8 Å². The van der Waals surface area contributed by atoms with Gasteiger partial charge in [0.15, 0.2) is 5.16 Å². The van der Waals surface area contributed by atoms with Crippen LogP contribution in [0.15, 0.2) is 70.7 Å². The second kappa shape index (κ2) is 8.36. The number of hydrogen-bond donors (Lipinski definition) is 0. The van der Waals surface area contributed by atoms with Crippen molar-refractivity contribution >= 4 is 40.9 Å². The van der Waals surface area contributed by atoms with Crippen molar-refractivity contribution in [1.82, 2.24) is 19.6 Å². The van der Waals surface area contributed by atoms with Gasteiger partial charge in [0.05, 0.1) is 17.5 Å². The number of carbonyl (C=O) groups excluding carboxylic acids is 1. The Labute approximate surface area is 189 Å². The third-order valence-corrected chi connectivity index (χ3v) is 7.33. The summed E-state index contributed by atoms with van der Waals surface area (Å²) >= 11 is 3.20. The molecule has 0 spiro atoms. The maximum absolute atomic E-state index is 13.5. The van der Waals surface area contributed by atoms with E-state index in [-0.39, 0.29) is 17.7 Å². The van der Waals surface area contributed by atoms with E-state index in [1.54, 1.807) is 11.8 Å². The SMILES string of the molecule is Cc1cc(C)n2c(SCC(=O)N3c4ccccc4SC[C@H]3c3ccccc3)nnc2n1. The van der Waals surface area contributed by atoms with E-state index in [1.807, 2.05) is 65.6 Å². The highest BCUT2D eigenvalue weighted by atomic mass is 32.2. The van der Waals surface area contributed by atoms with Crippen molar-refractivity contribution in [3.8, 4) is 0 Å². The number of nitrogens with zero attached hydrogens (tertiary/aromatic N) is 5. The summed E-state index contributed by atoms with van der Waals surface area (Å²) in [5, 5.41) is 9.14. The molecule has 0 unspecified atom stereocenters. The van der Waals surface area contributed by atoms with Crippen molar-refractivity contribution in [3.05, 3.63) is 77.6 Å². The van der Waals surface area contributed by atoms with Crippen LogP contribution < -0.4 is 4.90 Å². The number of para-hydroxylation sites is 1. The molecule has 4 aromatic rings. The molecule has 1 aliphatic heterocycles. The Hall–Kier alpha value is -2.84. The first-order chi connectivity index (χ1) is 15.1. The first-order valence-corrected chi connectivity index (χ1v) is 12.0. The summed E-state index contributed by atoms with van der Waals surface area (Å²) in [7, 11) is 0. The first-order valence-electron chi connectivity index (χ1n) is 10.0. The highest BCUT2D eigenvalue weighted by molar-refractivity contribution is 8.00.